The fourth-order valence-corrected chi connectivity index (χ4v) is 3.03. The number of rotatable bonds is 10. The molecular formula is C18H30O3. The summed E-state index contributed by atoms with van der Waals surface area (Å²) >= 11 is 0. The number of esters is 1. The first-order valence-corrected chi connectivity index (χ1v) is 8.52. The molecule has 0 amide bonds. The molecule has 0 aromatic rings. The molecule has 2 atom stereocenters. The van der Waals surface area contributed by atoms with Crippen molar-refractivity contribution < 1.29 is 14.3 Å². The first kappa shape index (κ1) is 17.9. The summed E-state index contributed by atoms with van der Waals surface area (Å²) in [5, 5.41) is 0. The Morgan fingerprint density at radius 3 is 2.81 bits per heavy atom. The summed E-state index contributed by atoms with van der Waals surface area (Å²) in [5.41, 5.74) is 0. The quantitative estimate of drug-likeness (QED) is 0.339. The lowest BCUT2D eigenvalue weighted by Gasteiger charge is -2.17. The molecule has 1 saturated carbocycles. The third-order valence-corrected chi connectivity index (χ3v) is 4.24. The monoisotopic (exact) mass is 294 g/mol. The maximum atomic E-state index is 11.9. The summed E-state index contributed by atoms with van der Waals surface area (Å²) in [6.07, 6.45) is 12.2. The van der Waals surface area contributed by atoms with Gasteiger partial charge >= 0.3 is 5.97 Å². The first-order valence-electron chi connectivity index (χ1n) is 8.52. The molecule has 0 spiro atoms. The normalized spacial score (nSPS) is 22.1. The molecule has 1 rings (SSSR count). The molecule has 3 heteroatoms. The summed E-state index contributed by atoms with van der Waals surface area (Å²) in [6.45, 7) is 4.70. The van der Waals surface area contributed by atoms with Crippen LogP contribution in [0, 0.1) is 11.8 Å². The van der Waals surface area contributed by atoms with Crippen LogP contribution in [-0.2, 0) is 14.3 Å². The number of carbonyl (C=O) groups excluding carboxylic acids is 2. The molecule has 0 radical (unpaired) electrons. The minimum absolute atomic E-state index is 0.101. The number of ether oxygens (including phenoxy) is 1. The van der Waals surface area contributed by atoms with Gasteiger partial charge in [-0.3, -0.25) is 9.59 Å². The van der Waals surface area contributed by atoms with Gasteiger partial charge in [0, 0.05) is 18.8 Å². The number of ketones is 1. The number of carbonyl (C=O) groups is 2. The Labute approximate surface area is 129 Å². The number of unbranched alkanes of at least 4 members (excludes halogenated alkanes) is 2. The van der Waals surface area contributed by atoms with E-state index in [0.717, 1.165) is 32.1 Å². The van der Waals surface area contributed by atoms with Crippen molar-refractivity contribution in [2.24, 2.45) is 11.8 Å². The number of hydrogen-bond donors (Lipinski definition) is 0. The summed E-state index contributed by atoms with van der Waals surface area (Å²) in [6, 6.07) is 0. The van der Waals surface area contributed by atoms with E-state index in [1.54, 1.807) is 0 Å². The molecular weight excluding hydrogens is 264 g/mol. The summed E-state index contributed by atoms with van der Waals surface area (Å²) < 4.78 is 5.26. The molecule has 0 unspecified atom stereocenters. The average molecular weight is 294 g/mol. The van der Waals surface area contributed by atoms with Gasteiger partial charge in [0.05, 0.1) is 6.61 Å². The lowest BCUT2D eigenvalue weighted by molar-refractivity contribution is -0.145. The van der Waals surface area contributed by atoms with Crippen LogP contribution in [-0.4, -0.2) is 18.4 Å². The molecule has 0 bridgehead atoms. The second-order valence-corrected chi connectivity index (χ2v) is 5.96. The van der Waals surface area contributed by atoms with Gasteiger partial charge in [-0.1, -0.05) is 45.3 Å². The Morgan fingerprint density at radius 2 is 2.10 bits per heavy atom. The maximum absolute atomic E-state index is 11.9. The van der Waals surface area contributed by atoms with E-state index in [1.807, 2.05) is 6.08 Å². The second kappa shape index (κ2) is 10.6. The lowest BCUT2D eigenvalue weighted by atomic mass is 9.88. The largest absolute Gasteiger partial charge is 0.465 e. The molecule has 21 heavy (non-hydrogen) atoms. The molecule has 3 nitrogen and oxygen atoms in total. The fraction of sp³-hybridized carbons (Fsp3) is 0.778. The van der Waals surface area contributed by atoms with Crippen LogP contribution in [0.5, 0.6) is 0 Å². The zero-order valence-corrected chi connectivity index (χ0v) is 13.6. The first-order chi connectivity index (χ1) is 10.2. The highest BCUT2D eigenvalue weighted by Gasteiger charge is 2.35. The Balaban J connectivity index is 2.29. The van der Waals surface area contributed by atoms with Gasteiger partial charge in [0.25, 0.3) is 0 Å². The standard InChI is InChI=1S/C18H30O3/c1-3-5-7-9-13-21-18(20)14-15-11-12-17(19)16(15)10-8-6-4-2/h5,7,15-16H,3-4,6,8-14H2,1-2H3/t15-,16+/m0/s1. The summed E-state index contributed by atoms with van der Waals surface area (Å²) in [7, 11) is 0. The van der Waals surface area contributed by atoms with Gasteiger partial charge in [0.1, 0.15) is 5.78 Å². The molecule has 0 N–H and O–H groups in total. The van der Waals surface area contributed by atoms with Gasteiger partial charge in [0.15, 0.2) is 0 Å². The van der Waals surface area contributed by atoms with E-state index in [1.165, 1.54) is 12.8 Å². The van der Waals surface area contributed by atoms with Crippen LogP contribution in [0.15, 0.2) is 12.2 Å². The molecule has 1 fully saturated rings. The number of hydrogen-bond acceptors (Lipinski definition) is 3. The van der Waals surface area contributed by atoms with Crippen LogP contribution >= 0.6 is 0 Å². The van der Waals surface area contributed by atoms with E-state index in [9.17, 15) is 9.59 Å². The zero-order chi connectivity index (χ0) is 15.5. The molecule has 120 valence electrons. The van der Waals surface area contributed by atoms with Crippen molar-refractivity contribution in [3.63, 3.8) is 0 Å². The molecule has 1 aliphatic carbocycles. The molecule has 0 aromatic heterocycles. The Hall–Kier alpha value is -1.12. The summed E-state index contributed by atoms with van der Waals surface area (Å²) in [5.74, 6) is 0.534. The van der Waals surface area contributed by atoms with Gasteiger partial charge in [-0.05, 0) is 31.6 Å². The van der Waals surface area contributed by atoms with Gasteiger partial charge < -0.3 is 4.74 Å². The van der Waals surface area contributed by atoms with Gasteiger partial charge in [-0.15, -0.1) is 0 Å². The highest BCUT2D eigenvalue weighted by molar-refractivity contribution is 5.84. The SMILES string of the molecule is CCC=CCCOC(=O)C[C@@H]1CCC(=O)[C@@H]1CCCCC. The third-order valence-electron chi connectivity index (χ3n) is 4.24. The van der Waals surface area contributed by atoms with Crippen molar-refractivity contribution in [2.45, 2.75) is 71.6 Å². The maximum Gasteiger partial charge on any atom is 0.306 e. The zero-order valence-electron chi connectivity index (χ0n) is 13.6. The van der Waals surface area contributed by atoms with Gasteiger partial charge in [0.2, 0.25) is 0 Å². The van der Waals surface area contributed by atoms with Crippen molar-refractivity contribution >= 4 is 11.8 Å². The van der Waals surface area contributed by atoms with Crippen molar-refractivity contribution in [2.75, 3.05) is 6.61 Å². The average Bonchev–Trinajstić information content (AvgIpc) is 2.80. The van der Waals surface area contributed by atoms with E-state index >= 15 is 0 Å². The van der Waals surface area contributed by atoms with Crippen LogP contribution in [0.25, 0.3) is 0 Å². The van der Waals surface area contributed by atoms with Crippen LogP contribution in [0.1, 0.15) is 71.6 Å². The van der Waals surface area contributed by atoms with Crippen LogP contribution in [0.4, 0.5) is 0 Å². The van der Waals surface area contributed by atoms with Crippen LogP contribution in [0.2, 0.25) is 0 Å². The summed E-state index contributed by atoms with van der Waals surface area (Å²) in [4.78, 5) is 23.8. The molecule has 1 aliphatic rings. The van der Waals surface area contributed by atoms with Crippen LogP contribution in [0.3, 0.4) is 0 Å². The van der Waals surface area contributed by atoms with E-state index < -0.39 is 0 Å². The number of allylic oxidation sites excluding steroid dienone is 1. The molecule has 0 heterocycles. The topological polar surface area (TPSA) is 43.4 Å². The van der Waals surface area contributed by atoms with E-state index in [4.69, 9.17) is 4.74 Å². The fourth-order valence-electron chi connectivity index (χ4n) is 3.03. The van der Waals surface area contributed by atoms with Crippen molar-refractivity contribution in [1.29, 1.82) is 0 Å². The minimum atomic E-state index is -0.139. The smallest absolute Gasteiger partial charge is 0.306 e. The second-order valence-electron chi connectivity index (χ2n) is 5.96. The Kier molecular flexibility index (Phi) is 9.04. The third kappa shape index (κ3) is 6.92. The van der Waals surface area contributed by atoms with Crippen molar-refractivity contribution in [1.82, 2.24) is 0 Å². The lowest BCUT2D eigenvalue weighted by Crippen LogP contribution is -2.19. The molecule has 0 aromatic carbocycles. The van der Waals surface area contributed by atoms with Gasteiger partial charge in [-0.2, -0.15) is 0 Å². The number of Topliss-reactive ketones (excluding diaryl/α,β-unsaturated/α-hetero) is 1. The predicted molar refractivity (Wildman–Crippen MR) is 85.0 cm³/mol. The highest BCUT2D eigenvalue weighted by Crippen LogP contribution is 2.35. The minimum Gasteiger partial charge on any atom is -0.465 e. The Morgan fingerprint density at radius 1 is 1.29 bits per heavy atom. The van der Waals surface area contributed by atoms with Crippen molar-refractivity contribution in [3.05, 3.63) is 12.2 Å². The van der Waals surface area contributed by atoms with Crippen molar-refractivity contribution in [3.8, 4) is 0 Å². The van der Waals surface area contributed by atoms with E-state index in [0.29, 0.717) is 25.2 Å². The van der Waals surface area contributed by atoms with Gasteiger partial charge in [-0.25, -0.2) is 0 Å². The molecule has 0 saturated heterocycles. The molecule has 0 aliphatic heterocycles. The van der Waals surface area contributed by atoms with E-state index in [2.05, 4.69) is 19.9 Å². The van der Waals surface area contributed by atoms with E-state index in [-0.39, 0.29) is 17.8 Å². The Bertz CT molecular complexity index is 346. The highest BCUT2D eigenvalue weighted by atomic mass is 16.5. The predicted octanol–water partition coefficient (Wildman–Crippen LogP) is 4.45. The van der Waals surface area contributed by atoms with Crippen LogP contribution < -0.4 is 0 Å².